The molecule has 0 aliphatic carbocycles. The lowest BCUT2D eigenvalue weighted by Gasteiger charge is -2.25. The van der Waals surface area contributed by atoms with Crippen LogP contribution in [0.4, 0.5) is 0 Å². The fraction of sp³-hybridized carbons (Fsp3) is 0.364. The van der Waals surface area contributed by atoms with Gasteiger partial charge in [-0.05, 0) is 30.5 Å². The number of carbonyl (C=O) groups is 2. The average Bonchev–Trinajstić information content (AvgIpc) is 3.10. The van der Waals surface area contributed by atoms with Crippen LogP contribution in [0.2, 0.25) is 0 Å². The monoisotopic (exact) mass is 366 g/mol. The number of methoxy groups -OCH3 is 1. The molecule has 1 aliphatic heterocycles. The quantitative estimate of drug-likeness (QED) is 0.820. The van der Waals surface area contributed by atoms with E-state index >= 15 is 0 Å². The van der Waals surface area contributed by atoms with E-state index in [4.69, 9.17) is 4.74 Å². The number of hydrogen-bond donors (Lipinski definition) is 1. The minimum Gasteiger partial charge on any atom is -0.496 e. The lowest BCUT2D eigenvalue weighted by Crippen LogP contribution is -2.34. The molecule has 2 unspecified atom stereocenters. The third-order valence-electron chi connectivity index (χ3n) is 5.16. The Bertz CT molecular complexity index is 791. The molecule has 3 rings (SSSR count). The van der Waals surface area contributed by atoms with Crippen LogP contribution in [0.5, 0.6) is 5.75 Å². The van der Waals surface area contributed by atoms with Gasteiger partial charge in [0.1, 0.15) is 5.75 Å². The average molecular weight is 366 g/mol. The highest BCUT2D eigenvalue weighted by Gasteiger charge is 2.36. The molecule has 0 saturated carbocycles. The molecule has 0 aromatic heterocycles. The molecule has 1 fully saturated rings. The maximum atomic E-state index is 12.5. The molecule has 0 bridgehead atoms. The van der Waals surface area contributed by atoms with E-state index in [1.807, 2.05) is 61.5 Å². The molecule has 1 N–H and O–H groups in total. The van der Waals surface area contributed by atoms with Crippen LogP contribution in [0.15, 0.2) is 54.6 Å². The van der Waals surface area contributed by atoms with Crippen LogP contribution < -0.4 is 10.1 Å². The van der Waals surface area contributed by atoms with Gasteiger partial charge in [0.2, 0.25) is 11.8 Å². The fourth-order valence-corrected chi connectivity index (χ4v) is 3.57. The predicted octanol–water partition coefficient (Wildman–Crippen LogP) is 2.96. The van der Waals surface area contributed by atoms with Crippen molar-refractivity contribution >= 4 is 11.8 Å². The van der Waals surface area contributed by atoms with Gasteiger partial charge in [-0.15, -0.1) is 0 Å². The summed E-state index contributed by atoms with van der Waals surface area (Å²) >= 11 is 0. The van der Waals surface area contributed by atoms with Crippen LogP contribution in [0.25, 0.3) is 0 Å². The van der Waals surface area contributed by atoms with Gasteiger partial charge < -0.3 is 15.0 Å². The summed E-state index contributed by atoms with van der Waals surface area (Å²) in [6, 6.07) is 17.7. The van der Waals surface area contributed by atoms with Gasteiger partial charge in [-0.1, -0.05) is 48.5 Å². The molecule has 0 spiro atoms. The second kappa shape index (κ2) is 8.71. The largest absolute Gasteiger partial charge is 0.496 e. The van der Waals surface area contributed by atoms with Gasteiger partial charge in [-0.25, -0.2) is 0 Å². The lowest BCUT2D eigenvalue weighted by atomic mass is 10.1. The zero-order chi connectivity index (χ0) is 19.2. The summed E-state index contributed by atoms with van der Waals surface area (Å²) in [7, 11) is 1.64. The SMILES string of the molecule is COc1ccccc1CCNC(=O)C1CC(=O)N(C(C)c2ccccc2)C1. The minimum atomic E-state index is -0.290. The number of rotatable bonds is 7. The molecule has 142 valence electrons. The first-order chi connectivity index (χ1) is 13.1. The molecule has 5 nitrogen and oxygen atoms in total. The Morgan fingerprint density at radius 2 is 1.89 bits per heavy atom. The van der Waals surface area contributed by atoms with Crippen molar-refractivity contribution in [3.05, 3.63) is 65.7 Å². The number of para-hydroxylation sites is 1. The van der Waals surface area contributed by atoms with E-state index in [0.29, 0.717) is 19.5 Å². The van der Waals surface area contributed by atoms with Gasteiger partial charge in [0.25, 0.3) is 0 Å². The Morgan fingerprint density at radius 1 is 1.19 bits per heavy atom. The van der Waals surface area contributed by atoms with Crippen LogP contribution in [-0.2, 0) is 16.0 Å². The van der Waals surface area contributed by atoms with Gasteiger partial charge in [-0.3, -0.25) is 9.59 Å². The molecule has 2 atom stereocenters. The van der Waals surface area contributed by atoms with Gasteiger partial charge in [-0.2, -0.15) is 0 Å². The Labute approximate surface area is 160 Å². The van der Waals surface area contributed by atoms with Crippen molar-refractivity contribution in [3.63, 3.8) is 0 Å². The van der Waals surface area contributed by atoms with E-state index in [9.17, 15) is 9.59 Å². The number of carbonyl (C=O) groups excluding carboxylic acids is 2. The van der Waals surface area contributed by atoms with Crippen LogP contribution in [0, 0.1) is 5.92 Å². The molecule has 2 aromatic carbocycles. The summed E-state index contributed by atoms with van der Waals surface area (Å²) in [6.45, 7) is 3.00. The van der Waals surface area contributed by atoms with E-state index in [0.717, 1.165) is 16.9 Å². The number of amides is 2. The van der Waals surface area contributed by atoms with Gasteiger partial charge in [0, 0.05) is 19.5 Å². The van der Waals surface area contributed by atoms with Gasteiger partial charge >= 0.3 is 0 Å². The number of likely N-dealkylation sites (tertiary alicyclic amines) is 1. The number of nitrogens with zero attached hydrogens (tertiary/aromatic N) is 1. The lowest BCUT2D eigenvalue weighted by molar-refractivity contribution is -0.130. The van der Waals surface area contributed by atoms with Gasteiger partial charge in [0.05, 0.1) is 19.1 Å². The number of nitrogens with one attached hydrogen (secondary N) is 1. The Morgan fingerprint density at radius 3 is 2.63 bits per heavy atom. The van der Waals surface area contributed by atoms with Crippen molar-refractivity contribution in [3.8, 4) is 5.75 Å². The number of hydrogen-bond acceptors (Lipinski definition) is 3. The molecule has 27 heavy (non-hydrogen) atoms. The normalized spacial score (nSPS) is 17.6. The van der Waals surface area contributed by atoms with Crippen molar-refractivity contribution in [2.45, 2.75) is 25.8 Å². The second-order valence-corrected chi connectivity index (χ2v) is 6.89. The van der Waals surface area contributed by atoms with Crippen molar-refractivity contribution in [1.29, 1.82) is 0 Å². The van der Waals surface area contributed by atoms with Crippen LogP contribution in [0.3, 0.4) is 0 Å². The molecular weight excluding hydrogens is 340 g/mol. The summed E-state index contributed by atoms with van der Waals surface area (Å²) in [4.78, 5) is 26.7. The van der Waals surface area contributed by atoms with Crippen molar-refractivity contribution in [2.24, 2.45) is 5.92 Å². The van der Waals surface area contributed by atoms with Crippen LogP contribution >= 0.6 is 0 Å². The van der Waals surface area contributed by atoms with E-state index in [1.54, 1.807) is 12.0 Å². The summed E-state index contributed by atoms with van der Waals surface area (Å²) in [5.74, 6) is 0.518. The first-order valence-electron chi connectivity index (χ1n) is 9.34. The Kier molecular flexibility index (Phi) is 6.12. The molecule has 0 radical (unpaired) electrons. The fourth-order valence-electron chi connectivity index (χ4n) is 3.57. The Hall–Kier alpha value is -2.82. The zero-order valence-corrected chi connectivity index (χ0v) is 15.9. The summed E-state index contributed by atoms with van der Waals surface area (Å²) in [6.07, 6.45) is 0.970. The molecule has 1 heterocycles. The highest BCUT2D eigenvalue weighted by Crippen LogP contribution is 2.28. The van der Waals surface area contributed by atoms with E-state index in [1.165, 1.54) is 0 Å². The third-order valence-corrected chi connectivity index (χ3v) is 5.16. The number of benzene rings is 2. The number of ether oxygens (including phenoxy) is 1. The summed E-state index contributed by atoms with van der Waals surface area (Å²) in [5, 5.41) is 2.97. The van der Waals surface area contributed by atoms with Crippen molar-refractivity contribution in [2.75, 3.05) is 20.2 Å². The van der Waals surface area contributed by atoms with Crippen molar-refractivity contribution in [1.82, 2.24) is 10.2 Å². The molecule has 1 aliphatic rings. The first-order valence-corrected chi connectivity index (χ1v) is 9.34. The van der Waals surface area contributed by atoms with E-state index in [2.05, 4.69) is 5.32 Å². The smallest absolute Gasteiger partial charge is 0.225 e. The zero-order valence-electron chi connectivity index (χ0n) is 15.9. The van der Waals surface area contributed by atoms with E-state index in [-0.39, 0.29) is 30.2 Å². The maximum Gasteiger partial charge on any atom is 0.225 e. The highest BCUT2D eigenvalue weighted by molar-refractivity contribution is 5.89. The van der Waals surface area contributed by atoms with E-state index < -0.39 is 0 Å². The second-order valence-electron chi connectivity index (χ2n) is 6.89. The maximum absolute atomic E-state index is 12.5. The Balaban J connectivity index is 1.53. The minimum absolute atomic E-state index is 0.0231. The molecule has 1 saturated heterocycles. The highest BCUT2D eigenvalue weighted by atomic mass is 16.5. The van der Waals surface area contributed by atoms with Crippen LogP contribution in [-0.4, -0.2) is 36.9 Å². The molecule has 2 aromatic rings. The standard InChI is InChI=1S/C22H26N2O3/c1-16(17-8-4-3-5-9-17)24-15-19(14-21(24)25)22(26)23-13-12-18-10-6-7-11-20(18)27-2/h3-11,16,19H,12-15H2,1-2H3,(H,23,26). The van der Waals surface area contributed by atoms with Gasteiger partial charge in [0.15, 0.2) is 0 Å². The summed E-state index contributed by atoms with van der Waals surface area (Å²) < 4.78 is 5.34. The third kappa shape index (κ3) is 4.48. The first kappa shape index (κ1) is 19.0. The predicted molar refractivity (Wildman–Crippen MR) is 104 cm³/mol. The molecular formula is C22H26N2O3. The topological polar surface area (TPSA) is 58.6 Å². The summed E-state index contributed by atoms with van der Waals surface area (Å²) in [5.41, 5.74) is 2.14. The van der Waals surface area contributed by atoms with Crippen LogP contribution in [0.1, 0.15) is 30.5 Å². The molecule has 5 heteroatoms. The van der Waals surface area contributed by atoms with Crippen molar-refractivity contribution < 1.29 is 14.3 Å². The molecule has 2 amide bonds.